The van der Waals surface area contributed by atoms with Crippen LogP contribution in [0.2, 0.25) is 0 Å². The summed E-state index contributed by atoms with van der Waals surface area (Å²) >= 11 is 0. The van der Waals surface area contributed by atoms with Crippen molar-refractivity contribution in [2.75, 3.05) is 0 Å². The van der Waals surface area contributed by atoms with Gasteiger partial charge in [-0.15, -0.1) is 0 Å². The Morgan fingerprint density at radius 3 is 1.41 bits per heavy atom. The Kier molecular flexibility index (Phi) is 4.89. The molecular weight excluding hydrogens is 556 g/mol. The van der Waals surface area contributed by atoms with Gasteiger partial charge in [0.1, 0.15) is 0 Å². The molecule has 10 aromatic rings. The van der Waals surface area contributed by atoms with Crippen LogP contribution in [-0.4, -0.2) is 0 Å². The van der Waals surface area contributed by atoms with E-state index in [0.29, 0.717) is 11.1 Å². The minimum atomic E-state index is 0.645. The third kappa shape index (κ3) is 3.13. The van der Waals surface area contributed by atoms with E-state index >= 15 is 0 Å². The zero-order valence-electron chi connectivity index (χ0n) is 24.6. The molecule has 0 atom stereocenters. The fourth-order valence-corrected chi connectivity index (χ4v) is 8.16. The van der Waals surface area contributed by atoms with Crippen LogP contribution in [-0.2, 0) is 0 Å². The highest BCUT2D eigenvalue weighted by molar-refractivity contribution is 6.44. The number of hydrogen-bond acceptors (Lipinski definition) is 2. The van der Waals surface area contributed by atoms with E-state index in [1.165, 1.54) is 86.5 Å². The number of hydrogen-bond donors (Lipinski definition) is 0. The predicted molar refractivity (Wildman–Crippen MR) is 192 cm³/mol. The second-order valence-electron chi connectivity index (χ2n) is 12.2. The smallest absolute Gasteiger partial charge is 0.0991 e. The normalized spacial score (nSPS) is 11.9. The molecule has 0 unspecified atom stereocenters. The average Bonchev–Trinajstić information content (AvgIpc) is 3.62. The molecule has 0 saturated heterocycles. The van der Waals surface area contributed by atoms with Crippen molar-refractivity contribution < 1.29 is 0 Å². The highest BCUT2D eigenvalue weighted by Gasteiger charge is 2.26. The Morgan fingerprint density at radius 1 is 0.326 bits per heavy atom. The summed E-state index contributed by atoms with van der Waals surface area (Å²) in [5.74, 6) is 0. The van der Waals surface area contributed by atoms with Crippen LogP contribution < -0.4 is 0 Å². The summed E-state index contributed by atoms with van der Waals surface area (Å²) in [5, 5.41) is 36.7. The maximum absolute atomic E-state index is 9.67. The lowest BCUT2D eigenvalue weighted by molar-refractivity contribution is 1.48. The van der Waals surface area contributed by atoms with Crippen molar-refractivity contribution in [3.05, 3.63) is 145 Å². The molecular formula is C44H22N2. The number of fused-ring (bicyclic) bond motifs is 8. The monoisotopic (exact) mass is 578 g/mol. The minimum Gasteiger partial charge on any atom is -0.192 e. The number of rotatable bonds is 2. The number of nitriles is 2. The molecule has 0 bridgehead atoms. The standard InChI is InChI=1S/C44H22N2/c45-23-25-14-18-28(19-15-25)39-37-22-36-31-9-2-1-8-30(31)32-10-5-13-35(41(32)36)42(37)40(29-20-16-26(24-46)17-21-29)44-34-12-4-7-27-6-3-11-33(38(27)34)43(39)44/h1-22H. The Morgan fingerprint density at radius 2 is 0.804 bits per heavy atom. The van der Waals surface area contributed by atoms with Crippen molar-refractivity contribution in [2.24, 2.45) is 0 Å². The van der Waals surface area contributed by atoms with Gasteiger partial charge in [0.15, 0.2) is 0 Å². The van der Waals surface area contributed by atoms with Crippen LogP contribution in [0, 0.1) is 22.7 Å². The van der Waals surface area contributed by atoms with Crippen LogP contribution in [0.3, 0.4) is 0 Å². The Labute approximate surface area is 264 Å². The third-order valence-electron chi connectivity index (χ3n) is 9.99. The molecule has 2 heteroatoms. The molecule has 10 rings (SSSR count). The van der Waals surface area contributed by atoms with Crippen LogP contribution in [0.1, 0.15) is 11.1 Å². The van der Waals surface area contributed by atoms with Gasteiger partial charge in [-0.05, 0) is 128 Å². The number of benzene rings is 8. The van der Waals surface area contributed by atoms with Gasteiger partial charge in [-0.25, -0.2) is 0 Å². The fraction of sp³-hybridized carbons (Fsp3) is 0. The zero-order valence-corrected chi connectivity index (χ0v) is 24.6. The molecule has 0 aromatic heterocycles. The van der Waals surface area contributed by atoms with Gasteiger partial charge in [-0.2, -0.15) is 10.5 Å². The first-order valence-corrected chi connectivity index (χ1v) is 15.5. The maximum Gasteiger partial charge on any atom is 0.0991 e. The molecule has 0 aliphatic heterocycles. The Hall–Kier alpha value is -6.48. The first kappa shape index (κ1) is 24.9. The SMILES string of the molecule is N#Cc1ccc(-c2c3cc4c5ccccc5c5cccc(c3c(-c3ccc(C#N)cc3)c3c6cccc7cccc(c23)c76)c54)cc1. The second-order valence-corrected chi connectivity index (χ2v) is 12.2. The summed E-state index contributed by atoms with van der Waals surface area (Å²) < 4.78 is 0. The van der Waals surface area contributed by atoms with Crippen molar-refractivity contribution in [3.8, 4) is 34.4 Å². The summed E-state index contributed by atoms with van der Waals surface area (Å²) in [5.41, 5.74) is 5.84. The zero-order chi connectivity index (χ0) is 30.5. The fourth-order valence-electron chi connectivity index (χ4n) is 8.16. The van der Waals surface area contributed by atoms with Crippen molar-refractivity contribution in [1.29, 1.82) is 10.5 Å². The molecule has 0 N–H and O–H groups in total. The Bertz CT molecular complexity index is 2950. The van der Waals surface area contributed by atoms with Crippen molar-refractivity contribution in [3.63, 3.8) is 0 Å². The van der Waals surface area contributed by atoms with Gasteiger partial charge < -0.3 is 0 Å². The summed E-state index contributed by atoms with van der Waals surface area (Å²) in [6, 6.07) is 51.8. The highest BCUT2D eigenvalue weighted by Crippen LogP contribution is 2.54. The predicted octanol–water partition coefficient (Wildman–Crippen LogP) is 11.7. The summed E-state index contributed by atoms with van der Waals surface area (Å²) in [6.07, 6.45) is 0. The van der Waals surface area contributed by atoms with E-state index in [4.69, 9.17) is 0 Å². The van der Waals surface area contributed by atoms with Gasteiger partial charge in [0, 0.05) is 0 Å². The van der Waals surface area contributed by atoms with Gasteiger partial charge in [-0.3, -0.25) is 0 Å². The first-order chi connectivity index (χ1) is 22.7. The topological polar surface area (TPSA) is 47.6 Å². The maximum atomic E-state index is 9.67. The van der Waals surface area contributed by atoms with E-state index in [2.05, 4.69) is 121 Å². The summed E-state index contributed by atoms with van der Waals surface area (Å²) in [6.45, 7) is 0. The lowest BCUT2D eigenvalue weighted by Crippen LogP contribution is -1.91. The van der Waals surface area contributed by atoms with E-state index in [0.717, 1.165) is 11.1 Å². The molecule has 208 valence electrons. The molecule has 0 amide bonds. The van der Waals surface area contributed by atoms with E-state index in [1.54, 1.807) is 0 Å². The molecule has 0 aliphatic carbocycles. The largest absolute Gasteiger partial charge is 0.192 e. The van der Waals surface area contributed by atoms with Crippen LogP contribution in [0.5, 0.6) is 0 Å². The van der Waals surface area contributed by atoms with Crippen LogP contribution in [0.4, 0.5) is 0 Å². The lowest BCUT2D eigenvalue weighted by Gasteiger charge is -2.19. The van der Waals surface area contributed by atoms with Crippen LogP contribution >= 0.6 is 0 Å². The highest BCUT2D eigenvalue weighted by atomic mass is 14.3. The molecule has 0 radical (unpaired) electrons. The molecule has 0 heterocycles. The van der Waals surface area contributed by atoms with E-state index in [-0.39, 0.29) is 0 Å². The van der Waals surface area contributed by atoms with E-state index in [1.807, 2.05) is 24.3 Å². The minimum absolute atomic E-state index is 0.645. The molecule has 10 aromatic carbocycles. The van der Waals surface area contributed by atoms with Gasteiger partial charge >= 0.3 is 0 Å². The quantitative estimate of drug-likeness (QED) is 0.192. The molecule has 0 spiro atoms. The van der Waals surface area contributed by atoms with Gasteiger partial charge in [0.25, 0.3) is 0 Å². The van der Waals surface area contributed by atoms with Crippen molar-refractivity contribution in [1.82, 2.24) is 0 Å². The lowest BCUT2D eigenvalue weighted by atomic mass is 9.83. The summed E-state index contributed by atoms with van der Waals surface area (Å²) in [4.78, 5) is 0. The Balaban J connectivity index is 1.57. The average molecular weight is 579 g/mol. The third-order valence-corrected chi connectivity index (χ3v) is 9.99. The van der Waals surface area contributed by atoms with Crippen LogP contribution in [0.25, 0.3) is 97.7 Å². The number of nitrogens with zero attached hydrogens (tertiary/aromatic N) is 2. The molecule has 0 saturated carbocycles. The van der Waals surface area contributed by atoms with Crippen molar-refractivity contribution >= 4 is 75.4 Å². The molecule has 0 fully saturated rings. The van der Waals surface area contributed by atoms with E-state index in [9.17, 15) is 10.5 Å². The first-order valence-electron chi connectivity index (χ1n) is 15.5. The molecule has 2 nitrogen and oxygen atoms in total. The van der Waals surface area contributed by atoms with Gasteiger partial charge in [0.2, 0.25) is 0 Å². The van der Waals surface area contributed by atoms with Crippen LogP contribution in [0.15, 0.2) is 133 Å². The molecule has 46 heavy (non-hydrogen) atoms. The van der Waals surface area contributed by atoms with Gasteiger partial charge in [-0.1, -0.05) is 103 Å². The molecule has 0 aliphatic rings. The second kappa shape index (κ2) is 9.02. The van der Waals surface area contributed by atoms with E-state index < -0.39 is 0 Å². The summed E-state index contributed by atoms with van der Waals surface area (Å²) in [7, 11) is 0. The van der Waals surface area contributed by atoms with Crippen molar-refractivity contribution in [2.45, 2.75) is 0 Å². The van der Waals surface area contributed by atoms with Gasteiger partial charge in [0.05, 0.1) is 23.3 Å².